The van der Waals surface area contributed by atoms with Gasteiger partial charge in [-0.05, 0) is 61.6 Å². The first-order chi connectivity index (χ1) is 13.5. The molecule has 0 bridgehead atoms. The van der Waals surface area contributed by atoms with Crippen LogP contribution in [-0.2, 0) is 17.6 Å². The molecule has 1 aromatic carbocycles. The van der Waals surface area contributed by atoms with Gasteiger partial charge >= 0.3 is 0 Å². The number of amides is 1. The fourth-order valence-corrected chi connectivity index (χ4v) is 5.94. The van der Waals surface area contributed by atoms with E-state index in [-0.39, 0.29) is 5.91 Å². The van der Waals surface area contributed by atoms with E-state index in [1.165, 1.54) is 41.8 Å². The summed E-state index contributed by atoms with van der Waals surface area (Å²) in [4.78, 5) is 18.8. The van der Waals surface area contributed by atoms with E-state index in [0.717, 1.165) is 30.2 Å². The number of fused-ring (bicyclic) bond motifs is 2. The predicted molar refractivity (Wildman–Crippen MR) is 118 cm³/mol. The normalized spacial score (nSPS) is 24.8. The Kier molecular flexibility index (Phi) is 6.17. The second-order valence-electron chi connectivity index (χ2n) is 8.46. The summed E-state index contributed by atoms with van der Waals surface area (Å²) in [6, 6.07) is 6.25. The summed E-state index contributed by atoms with van der Waals surface area (Å²) in [6.45, 7) is 4.58. The van der Waals surface area contributed by atoms with Crippen molar-refractivity contribution in [2.24, 2.45) is 11.8 Å². The molecule has 1 amide bonds. The molecule has 0 aliphatic heterocycles. The molecular formula is C23H29ClN2OS. The lowest BCUT2D eigenvalue weighted by Crippen LogP contribution is -2.44. The van der Waals surface area contributed by atoms with Crippen LogP contribution in [0.2, 0.25) is 5.02 Å². The quantitative estimate of drug-likeness (QED) is 0.640. The summed E-state index contributed by atoms with van der Waals surface area (Å²) < 4.78 is 0. The topological polar surface area (TPSA) is 42.0 Å². The number of aryl methyl sites for hydroxylation is 1. The number of nitrogens with zero attached hydrogens (tertiary/aromatic N) is 1. The Balaban J connectivity index is 1.53. The van der Waals surface area contributed by atoms with Crippen molar-refractivity contribution in [3.63, 3.8) is 0 Å². The number of pyridine rings is 1. The Hall–Kier alpha value is -1.26. The van der Waals surface area contributed by atoms with Crippen molar-refractivity contribution >= 4 is 40.2 Å². The van der Waals surface area contributed by atoms with E-state index in [2.05, 4.69) is 25.2 Å². The van der Waals surface area contributed by atoms with Crippen LogP contribution in [0.1, 0.15) is 57.2 Å². The van der Waals surface area contributed by atoms with E-state index in [1.54, 1.807) is 11.8 Å². The fourth-order valence-electron chi connectivity index (χ4n) is 4.69. The second-order valence-corrected chi connectivity index (χ2v) is 9.89. The molecule has 1 N–H and O–H groups in total. The highest BCUT2D eigenvalue weighted by atomic mass is 35.5. The molecule has 1 saturated carbocycles. The molecule has 2 aromatic rings. The first-order valence-corrected chi connectivity index (χ1v) is 11.9. The molecule has 150 valence electrons. The number of benzene rings is 1. The molecule has 5 heteroatoms. The number of hydrogen-bond donors (Lipinski definition) is 1. The maximum Gasteiger partial charge on any atom is 0.230 e. The molecule has 4 rings (SSSR count). The van der Waals surface area contributed by atoms with Crippen molar-refractivity contribution in [1.29, 1.82) is 0 Å². The lowest BCUT2D eigenvalue weighted by molar-refractivity contribution is -0.119. The van der Waals surface area contributed by atoms with E-state index in [0.29, 0.717) is 28.7 Å². The molecule has 0 unspecified atom stereocenters. The molecule has 1 fully saturated rings. The molecule has 0 spiro atoms. The van der Waals surface area contributed by atoms with Gasteiger partial charge in [0, 0.05) is 27.0 Å². The highest BCUT2D eigenvalue weighted by Crippen LogP contribution is 2.37. The maximum absolute atomic E-state index is 12.7. The highest BCUT2D eigenvalue weighted by molar-refractivity contribution is 8.00. The zero-order chi connectivity index (χ0) is 19.7. The van der Waals surface area contributed by atoms with Crippen molar-refractivity contribution in [3.8, 4) is 0 Å². The Morgan fingerprint density at radius 1 is 1.21 bits per heavy atom. The Morgan fingerprint density at radius 3 is 2.89 bits per heavy atom. The average Bonchev–Trinajstić information content (AvgIpc) is 2.68. The number of nitrogens with one attached hydrogen (secondary N) is 1. The number of rotatable bonds is 4. The molecule has 0 radical (unpaired) electrons. The minimum absolute atomic E-state index is 0.152. The summed E-state index contributed by atoms with van der Waals surface area (Å²) in [5, 5.41) is 5.15. The van der Waals surface area contributed by atoms with Gasteiger partial charge in [0.2, 0.25) is 5.91 Å². The van der Waals surface area contributed by atoms with Crippen LogP contribution < -0.4 is 5.32 Å². The van der Waals surface area contributed by atoms with Crippen LogP contribution in [0, 0.1) is 11.8 Å². The summed E-state index contributed by atoms with van der Waals surface area (Å²) in [6.07, 6.45) is 8.07. The Labute approximate surface area is 177 Å². The summed E-state index contributed by atoms with van der Waals surface area (Å²) in [7, 11) is 0. The fraction of sp³-hybridized carbons (Fsp3) is 0.565. The molecule has 3 atom stereocenters. The second kappa shape index (κ2) is 8.62. The largest absolute Gasteiger partial charge is 0.352 e. The van der Waals surface area contributed by atoms with Crippen molar-refractivity contribution in [2.45, 2.75) is 69.7 Å². The Morgan fingerprint density at radius 2 is 2.04 bits per heavy atom. The molecule has 2 aliphatic carbocycles. The van der Waals surface area contributed by atoms with Crippen LogP contribution in [0.4, 0.5) is 0 Å². The molecule has 3 nitrogen and oxygen atoms in total. The number of aromatic nitrogens is 1. The van der Waals surface area contributed by atoms with Crippen molar-refractivity contribution in [2.75, 3.05) is 5.75 Å². The van der Waals surface area contributed by atoms with Crippen molar-refractivity contribution in [1.82, 2.24) is 10.3 Å². The van der Waals surface area contributed by atoms with E-state index in [4.69, 9.17) is 16.6 Å². The smallest absolute Gasteiger partial charge is 0.230 e. The number of halogens is 1. The number of carbonyl (C=O) groups excluding carboxylic acids is 1. The van der Waals surface area contributed by atoms with Gasteiger partial charge in [-0.25, -0.2) is 0 Å². The van der Waals surface area contributed by atoms with Crippen LogP contribution >= 0.6 is 23.4 Å². The van der Waals surface area contributed by atoms with Crippen molar-refractivity contribution < 1.29 is 4.79 Å². The average molecular weight is 417 g/mol. The van der Waals surface area contributed by atoms with Gasteiger partial charge in [-0.15, -0.1) is 11.8 Å². The summed E-state index contributed by atoms with van der Waals surface area (Å²) in [5.74, 6) is 1.86. The van der Waals surface area contributed by atoms with Gasteiger partial charge in [-0.3, -0.25) is 9.78 Å². The van der Waals surface area contributed by atoms with Crippen LogP contribution in [0.3, 0.4) is 0 Å². The van der Waals surface area contributed by atoms with Gasteiger partial charge in [-0.1, -0.05) is 44.4 Å². The van der Waals surface area contributed by atoms with Gasteiger partial charge in [0.15, 0.2) is 0 Å². The number of carbonyl (C=O) groups is 1. The van der Waals surface area contributed by atoms with Crippen LogP contribution in [0.15, 0.2) is 23.1 Å². The van der Waals surface area contributed by atoms with E-state index in [9.17, 15) is 4.79 Å². The lowest BCUT2D eigenvalue weighted by atomic mass is 9.78. The number of hydrogen-bond acceptors (Lipinski definition) is 3. The molecular weight excluding hydrogens is 388 g/mol. The first kappa shape index (κ1) is 20.0. The third-order valence-corrected chi connectivity index (χ3v) is 7.97. The summed E-state index contributed by atoms with van der Waals surface area (Å²) >= 11 is 7.88. The molecule has 2 aliphatic rings. The van der Waals surface area contributed by atoms with Gasteiger partial charge in [-0.2, -0.15) is 0 Å². The molecule has 28 heavy (non-hydrogen) atoms. The third kappa shape index (κ3) is 4.18. The van der Waals surface area contributed by atoms with Crippen molar-refractivity contribution in [3.05, 3.63) is 34.5 Å². The molecule has 1 aromatic heterocycles. The lowest BCUT2D eigenvalue weighted by Gasteiger charge is -2.34. The van der Waals surface area contributed by atoms with Crippen LogP contribution in [0.5, 0.6) is 0 Å². The minimum atomic E-state index is 0.152. The van der Waals surface area contributed by atoms with Crippen LogP contribution in [-0.4, -0.2) is 22.7 Å². The minimum Gasteiger partial charge on any atom is -0.352 e. The van der Waals surface area contributed by atoms with Gasteiger partial charge in [0.05, 0.1) is 11.3 Å². The number of thioether (sulfide) groups is 1. The SMILES string of the molecule is C[C@H]1[C@H](C)CCC[C@H]1NC(=O)CSc1c2c(nc3cc(Cl)ccc13)CCCC2. The maximum atomic E-state index is 12.7. The first-order valence-electron chi connectivity index (χ1n) is 10.6. The monoisotopic (exact) mass is 416 g/mol. The van der Waals surface area contributed by atoms with Gasteiger partial charge < -0.3 is 5.32 Å². The molecule has 0 saturated heterocycles. The predicted octanol–water partition coefficient (Wildman–Crippen LogP) is 5.80. The van der Waals surface area contributed by atoms with E-state index < -0.39 is 0 Å². The van der Waals surface area contributed by atoms with Crippen LogP contribution in [0.25, 0.3) is 10.9 Å². The zero-order valence-electron chi connectivity index (χ0n) is 16.8. The van der Waals surface area contributed by atoms with Gasteiger partial charge in [0.1, 0.15) is 0 Å². The summed E-state index contributed by atoms with van der Waals surface area (Å²) in [5.41, 5.74) is 3.49. The standard InChI is InChI=1S/C23H29ClN2OS/c1-14-6-5-9-19(15(14)2)26-22(27)13-28-23-17-7-3-4-8-20(17)25-21-12-16(24)10-11-18(21)23/h10-12,14-15,19H,3-9,13H2,1-2H3,(H,26,27)/t14-,15+,19-/m1/s1. The zero-order valence-corrected chi connectivity index (χ0v) is 18.3. The third-order valence-electron chi connectivity index (χ3n) is 6.57. The Bertz CT molecular complexity index is 885. The highest BCUT2D eigenvalue weighted by Gasteiger charge is 2.28. The van der Waals surface area contributed by atoms with E-state index >= 15 is 0 Å². The van der Waals surface area contributed by atoms with E-state index in [1.807, 2.05) is 12.1 Å². The van der Waals surface area contributed by atoms with Gasteiger partial charge in [0.25, 0.3) is 0 Å². The molecule has 1 heterocycles.